The van der Waals surface area contributed by atoms with Crippen LogP contribution in [-0.2, 0) is 22.6 Å². The van der Waals surface area contributed by atoms with Crippen LogP contribution in [0.1, 0.15) is 12.6 Å². The molecule has 2 heterocycles. The molecule has 1 aromatic rings. The van der Waals surface area contributed by atoms with Crippen molar-refractivity contribution < 1.29 is 9.53 Å². The first-order valence-corrected chi connectivity index (χ1v) is 5.17. The first-order chi connectivity index (χ1) is 7.31. The van der Waals surface area contributed by atoms with Crippen molar-refractivity contribution in [2.75, 3.05) is 19.8 Å². The molecule has 5 heteroatoms. The number of hydrogen-bond donors (Lipinski definition) is 0. The Kier molecular flexibility index (Phi) is 3.01. The Hall–Kier alpha value is -1.36. The average molecular weight is 209 g/mol. The van der Waals surface area contributed by atoms with Gasteiger partial charge in [0.15, 0.2) is 0 Å². The van der Waals surface area contributed by atoms with Gasteiger partial charge in [0.25, 0.3) is 0 Å². The summed E-state index contributed by atoms with van der Waals surface area (Å²) in [7, 11) is 0. The predicted octanol–water partition coefficient (Wildman–Crippen LogP) is 0.262. The van der Waals surface area contributed by atoms with Gasteiger partial charge in [0, 0.05) is 19.3 Å². The zero-order chi connectivity index (χ0) is 10.7. The molecule has 0 fully saturated rings. The van der Waals surface area contributed by atoms with Crippen molar-refractivity contribution in [3.8, 4) is 0 Å². The van der Waals surface area contributed by atoms with Crippen LogP contribution in [0.5, 0.6) is 0 Å². The van der Waals surface area contributed by atoms with E-state index in [1.54, 1.807) is 6.20 Å². The van der Waals surface area contributed by atoms with E-state index >= 15 is 0 Å². The fourth-order valence-corrected chi connectivity index (χ4v) is 1.68. The van der Waals surface area contributed by atoms with Crippen LogP contribution in [-0.4, -0.2) is 40.3 Å². The minimum absolute atomic E-state index is 0.0595. The van der Waals surface area contributed by atoms with Crippen LogP contribution in [0.3, 0.4) is 0 Å². The second-order valence-electron chi connectivity index (χ2n) is 3.50. The highest BCUT2D eigenvalue weighted by molar-refractivity contribution is 5.77. The molecule has 1 aliphatic heterocycles. The zero-order valence-corrected chi connectivity index (χ0v) is 8.85. The third-order valence-corrected chi connectivity index (χ3v) is 2.52. The van der Waals surface area contributed by atoms with Gasteiger partial charge in [0.2, 0.25) is 5.91 Å². The summed E-state index contributed by atoms with van der Waals surface area (Å²) in [5.74, 6) is 0.0595. The predicted molar refractivity (Wildman–Crippen MR) is 54.1 cm³/mol. The Bertz CT molecular complexity index is 348. The first kappa shape index (κ1) is 10.2. The van der Waals surface area contributed by atoms with Gasteiger partial charge in [-0.3, -0.25) is 9.48 Å². The van der Waals surface area contributed by atoms with Crippen LogP contribution >= 0.6 is 0 Å². The molecule has 1 aliphatic rings. The highest BCUT2D eigenvalue weighted by Gasteiger charge is 2.20. The molecular weight excluding hydrogens is 194 g/mol. The summed E-state index contributed by atoms with van der Waals surface area (Å²) in [4.78, 5) is 13.5. The number of hydrogen-bond acceptors (Lipinski definition) is 3. The summed E-state index contributed by atoms with van der Waals surface area (Å²) in [5, 5.41) is 4.16. The van der Waals surface area contributed by atoms with Crippen molar-refractivity contribution in [1.82, 2.24) is 14.7 Å². The van der Waals surface area contributed by atoms with Gasteiger partial charge in [-0.2, -0.15) is 5.10 Å². The fourth-order valence-electron chi connectivity index (χ4n) is 1.68. The maximum absolute atomic E-state index is 11.7. The molecule has 0 radical (unpaired) electrons. The molecule has 0 atom stereocenters. The van der Waals surface area contributed by atoms with Gasteiger partial charge < -0.3 is 9.64 Å². The van der Waals surface area contributed by atoms with Crippen molar-refractivity contribution in [2.45, 2.75) is 20.0 Å². The van der Waals surface area contributed by atoms with E-state index in [9.17, 15) is 4.79 Å². The lowest BCUT2D eigenvalue weighted by Gasteiger charge is -2.27. The summed E-state index contributed by atoms with van der Waals surface area (Å²) < 4.78 is 7.04. The quantitative estimate of drug-likeness (QED) is 0.717. The van der Waals surface area contributed by atoms with E-state index < -0.39 is 0 Å². The summed E-state index contributed by atoms with van der Waals surface area (Å²) in [6.45, 7) is 4.80. The van der Waals surface area contributed by atoms with Crippen LogP contribution in [0.4, 0.5) is 0 Å². The lowest BCUT2D eigenvalue weighted by atomic mass is 10.3. The number of rotatable bonds is 3. The topological polar surface area (TPSA) is 47.4 Å². The molecule has 15 heavy (non-hydrogen) atoms. The van der Waals surface area contributed by atoms with Gasteiger partial charge in [-0.05, 0) is 13.0 Å². The largest absolute Gasteiger partial charge is 0.372 e. The zero-order valence-electron chi connectivity index (χ0n) is 8.85. The third kappa shape index (κ3) is 2.18. The van der Waals surface area contributed by atoms with Gasteiger partial charge in [-0.25, -0.2) is 0 Å². The molecule has 5 nitrogen and oxygen atoms in total. The molecule has 0 aliphatic carbocycles. The van der Waals surface area contributed by atoms with E-state index in [2.05, 4.69) is 5.10 Å². The summed E-state index contributed by atoms with van der Waals surface area (Å²) in [5.41, 5.74) is 1.09. The van der Waals surface area contributed by atoms with Crippen molar-refractivity contribution >= 4 is 5.91 Å². The number of nitrogens with zero attached hydrogens (tertiary/aromatic N) is 3. The minimum atomic E-state index is 0.0595. The van der Waals surface area contributed by atoms with Crippen LogP contribution in [0.25, 0.3) is 0 Å². The van der Waals surface area contributed by atoms with Crippen LogP contribution in [0, 0.1) is 0 Å². The molecule has 0 unspecified atom stereocenters. The average Bonchev–Trinajstić information content (AvgIpc) is 2.72. The Morgan fingerprint density at radius 2 is 2.47 bits per heavy atom. The Balaban J connectivity index is 1.94. The second kappa shape index (κ2) is 4.44. The van der Waals surface area contributed by atoms with Crippen molar-refractivity contribution in [2.24, 2.45) is 0 Å². The number of carbonyl (C=O) groups is 1. The number of fused-ring (bicyclic) bond motifs is 1. The molecular formula is C10H15N3O2. The Labute approximate surface area is 88.6 Å². The van der Waals surface area contributed by atoms with Crippen molar-refractivity contribution in [3.05, 3.63) is 18.0 Å². The molecule has 0 aromatic carbocycles. The highest BCUT2D eigenvalue weighted by atomic mass is 16.5. The molecule has 0 saturated carbocycles. The fraction of sp³-hybridized carbons (Fsp3) is 0.600. The van der Waals surface area contributed by atoms with E-state index in [-0.39, 0.29) is 12.5 Å². The Morgan fingerprint density at radius 1 is 1.60 bits per heavy atom. The van der Waals surface area contributed by atoms with E-state index in [4.69, 9.17) is 4.74 Å². The molecule has 1 aromatic heterocycles. The van der Waals surface area contributed by atoms with Gasteiger partial charge in [-0.15, -0.1) is 0 Å². The molecule has 0 N–H and O–H groups in total. The molecule has 2 rings (SSSR count). The smallest absolute Gasteiger partial charge is 0.248 e. The second-order valence-corrected chi connectivity index (χ2v) is 3.50. The van der Waals surface area contributed by atoms with Crippen LogP contribution in [0.2, 0.25) is 0 Å². The normalized spacial score (nSPS) is 15.1. The van der Waals surface area contributed by atoms with Crippen LogP contribution in [0.15, 0.2) is 12.3 Å². The van der Waals surface area contributed by atoms with Crippen LogP contribution < -0.4 is 0 Å². The maximum atomic E-state index is 11.7. The SMILES string of the molecule is CCOCC(=O)N1CCn2nccc2C1. The first-order valence-electron chi connectivity index (χ1n) is 5.17. The summed E-state index contributed by atoms with van der Waals surface area (Å²) in [6, 6.07) is 1.94. The lowest BCUT2D eigenvalue weighted by molar-refractivity contribution is -0.137. The lowest BCUT2D eigenvalue weighted by Crippen LogP contribution is -2.40. The van der Waals surface area contributed by atoms with Gasteiger partial charge >= 0.3 is 0 Å². The number of ether oxygens (including phenoxy) is 1. The van der Waals surface area contributed by atoms with E-state index in [0.29, 0.717) is 13.2 Å². The van der Waals surface area contributed by atoms with Gasteiger partial charge in [-0.1, -0.05) is 0 Å². The van der Waals surface area contributed by atoms with Crippen molar-refractivity contribution in [3.63, 3.8) is 0 Å². The minimum Gasteiger partial charge on any atom is -0.372 e. The van der Waals surface area contributed by atoms with Crippen molar-refractivity contribution in [1.29, 1.82) is 0 Å². The monoisotopic (exact) mass is 209 g/mol. The van der Waals surface area contributed by atoms with E-state index in [1.165, 1.54) is 0 Å². The number of aromatic nitrogens is 2. The van der Waals surface area contributed by atoms with E-state index in [1.807, 2.05) is 22.6 Å². The summed E-state index contributed by atoms with van der Waals surface area (Å²) in [6.07, 6.45) is 1.77. The van der Waals surface area contributed by atoms with Gasteiger partial charge in [0.1, 0.15) is 6.61 Å². The van der Waals surface area contributed by atoms with Gasteiger partial charge in [0.05, 0.1) is 18.8 Å². The maximum Gasteiger partial charge on any atom is 0.248 e. The third-order valence-electron chi connectivity index (χ3n) is 2.52. The molecule has 0 bridgehead atoms. The Morgan fingerprint density at radius 3 is 3.27 bits per heavy atom. The van der Waals surface area contributed by atoms with E-state index in [0.717, 1.165) is 18.8 Å². The molecule has 0 spiro atoms. The molecule has 82 valence electrons. The summed E-state index contributed by atoms with van der Waals surface area (Å²) >= 11 is 0. The standard InChI is InChI=1S/C10H15N3O2/c1-2-15-8-10(14)12-5-6-13-9(7-12)3-4-11-13/h3-4H,2,5-8H2,1H3. The number of amides is 1. The molecule has 1 amide bonds. The number of carbonyl (C=O) groups excluding carboxylic acids is 1. The highest BCUT2D eigenvalue weighted by Crippen LogP contribution is 2.10. The molecule has 0 saturated heterocycles.